The second kappa shape index (κ2) is 9.52. The maximum absolute atomic E-state index is 12.3. The Bertz CT molecular complexity index is 1040. The second-order valence-corrected chi connectivity index (χ2v) is 6.60. The number of ether oxygens (including phenoxy) is 1. The molecule has 2 amide bonds. The number of halogens is 1. The Hall–Kier alpha value is -3.65. The Morgan fingerprint density at radius 1 is 0.931 bits per heavy atom. The first-order valence-corrected chi connectivity index (χ1v) is 9.21. The minimum absolute atomic E-state index is 0.0690. The lowest BCUT2D eigenvalue weighted by molar-refractivity contribution is -0.117. The summed E-state index contributed by atoms with van der Waals surface area (Å²) in [5.41, 5.74) is 5.37. The number of hydrazine groups is 1. The second-order valence-electron chi connectivity index (χ2n) is 5.69. The summed E-state index contributed by atoms with van der Waals surface area (Å²) in [4.78, 5) is 35.9. The monoisotopic (exact) mass is 454 g/mol. The van der Waals surface area contributed by atoms with Crippen molar-refractivity contribution in [1.82, 2.24) is 10.9 Å². The van der Waals surface area contributed by atoms with Crippen LogP contribution >= 0.6 is 15.9 Å². The third-order valence-corrected chi connectivity index (χ3v) is 4.19. The van der Waals surface area contributed by atoms with E-state index < -0.39 is 17.8 Å². The molecule has 0 radical (unpaired) electrons. The molecule has 0 saturated carbocycles. The van der Waals surface area contributed by atoms with Crippen molar-refractivity contribution in [1.29, 1.82) is 0 Å². The van der Waals surface area contributed by atoms with Crippen LogP contribution in [-0.2, 0) is 4.79 Å². The SMILES string of the molecule is O=C(/C=C/c1ccccc1OC(=O)c1ccc(Br)cc1)NNC(=O)c1ccco1. The summed E-state index contributed by atoms with van der Waals surface area (Å²) < 4.78 is 11.2. The number of carbonyl (C=O) groups is 3. The molecule has 0 spiro atoms. The molecule has 0 aliphatic carbocycles. The molecule has 2 aromatic carbocycles. The molecule has 0 saturated heterocycles. The van der Waals surface area contributed by atoms with E-state index in [1.807, 2.05) is 0 Å². The summed E-state index contributed by atoms with van der Waals surface area (Å²) in [6, 6.07) is 16.5. The van der Waals surface area contributed by atoms with Crippen LogP contribution in [0.4, 0.5) is 0 Å². The summed E-state index contributed by atoms with van der Waals surface area (Å²) >= 11 is 3.31. The van der Waals surface area contributed by atoms with Crippen molar-refractivity contribution in [3.05, 3.63) is 94.4 Å². The average Bonchev–Trinajstić information content (AvgIpc) is 3.27. The molecule has 1 heterocycles. The number of benzene rings is 2. The van der Waals surface area contributed by atoms with Crippen LogP contribution in [0.1, 0.15) is 26.5 Å². The molecule has 1 aromatic heterocycles. The van der Waals surface area contributed by atoms with E-state index in [2.05, 4.69) is 26.8 Å². The zero-order valence-electron chi connectivity index (χ0n) is 14.9. The predicted molar refractivity (Wildman–Crippen MR) is 109 cm³/mol. The van der Waals surface area contributed by atoms with Crippen molar-refractivity contribution in [2.24, 2.45) is 0 Å². The van der Waals surface area contributed by atoms with Crippen molar-refractivity contribution < 1.29 is 23.5 Å². The molecule has 0 aliphatic heterocycles. The molecule has 0 fully saturated rings. The van der Waals surface area contributed by atoms with Crippen molar-refractivity contribution in [2.45, 2.75) is 0 Å². The van der Waals surface area contributed by atoms with Gasteiger partial charge in [-0.25, -0.2) is 4.79 Å². The Balaban J connectivity index is 1.62. The standard InChI is InChI=1S/C21H15BrN2O5/c22-16-10-7-15(8-11-16)21(27)29-17-5-2-1-4-14(17)9-12-19(25)23-24-20(26)18-6-3-13-28-18/h1-13H,(H,23,25)(H,24,26)/b12-9+. The lowest BCUT2D eigenvalue weighted by Gasteiger charge is -2.08. The Morgan fingerprint density at radius 2 is 1.69 bits per heavy atom. The van der Waals surface area contributed by atoms with E-state index in [4.69, 9.17) is 9.15 Å². The molecule has 8 heteroatoms. The van der Waals surface area contributed by atoms with Gasteiger partial charge < -0.3 is 9.15 Å². The molecule has 3 aromatic rings. The molecule has 0 atom stereocenters. The molecule has 0 aliphatic rings. The summed E-state index contributed by atoms with van der Waals surface area (Å²) in [6.45, 7) is 0. The molecule has 7 nitrogen and oxygen atoms in total. The molecule has 3 rings (SSSR count). The highest BCUT2D eigenvalue weighted by Gasteiger charge is 2.11. The normalized spacial score (nSPS) is 10.5. The number of nitrogens with one attached hydrogen (secondary N) is 2. The summed E-state index contributed by atoms with van der Waals surface area (Å²) in [5.74, 6) is -1.31. The quantitative estimate of drug-likeness (QED) is 0.265. The average molecular weight is 455 g/mol. The van der Waals surface area contributed by atoms with Crippen molar-refractivity contribution in [2.75, 3.05) is 0 Å². The van der Waals surface area contributed by atoms with Gasteiger partial charge in [-0.2, -0.15) is 0 Å². The maximum Gasteiger partial charge on any atom is 0.343 e. The van der Waals surface area contributed by atoms with Crippen LogP contribution in [0.25, 0.3) is 6.08 Å². The minimum atomic E-state index is -0.583. The van der Waals surface area contributed by atoms with Gasteiger partial charge in [0.05, 0.1) is 11.8 Å². The van der Waals surface area contributed by atoms with E-state index in [1.165, 1.54) is 24.5 Å². The van der Waals surface area contributed by atoms with Crippen molar-refractivity contribution in [3.8, 4) is 5.75 Å². The molecule has 146 valence electrons. The number of esters is 1. The fourth-order valence-corrected chi connectivity index (χ4v) is 2.52. The zero-order chi connectivity index (χ0) is 20.6. The molecule has 2 N–H and O–H groups in total. The van der Waals surface area contributed by atoms with Crippen LogP contribution in [0.5, 0.6) is 5.75 Å². The molecular formula is C21H15BrN2O5. The summed E-state index contributed by atoms with van der Waals surface area (Å²) in [5, 5.41) is 0. The maximum atomic E-state index is 12.3. The lowest BCUT2D eigenvalue weighted by atomic mass is 10.2. The largest absolute Gasteiger partial charge is 0.459 e. The Labute approximate surface area is 174 Å². The van der Waals surface area contributed by atoms with Crippen LogP contribution in [-0.4, -0.2) is 17.8 Å². The number of hydrogen-bond acceptors (Lipinski definition) is 5. The third kappa shape index (κ3) is 5.66. The number of carbonyl (C=O) groups excluding carboxylic acids is 3. The number of rotatable bonds is 5. The lowest BCUT2D eigenvalue weighted by Crippen LogP contribution is -2.40. The van der Waals surface area contributed by atoms with Gasteiger partial charge in [-0.05, 0) is 48.5 Å². The van der Waals surface area contributed by atoms with E-state index >= 15 is 0 Å². The fourth-order valence-electron chi connectivity index (χ4n) is 2.25. The highest BCUT2D eigenvalue weighted by Crippen LogP contribution is 2.21. The Morgan fingerprint density at radius 3 is 2.41 bits per heavy atom. The molecule has 0 bridgehead atoms. The first-order valence-electron chi connectivity index (χ1n) is 8.41. The number of hydrogen-bond donors (Lipinski definition) is 2. The van der Waals surface area contributed by atoms with Crippen LogP contribution < -0.4 is 15.6 Å². The van der Waals surface area contributed by atoms with Gasteiger partial charge in [0, 0.05) is 16.1 Å². The van der Waals surface area contributed by atoms with Gasteiger partial charge in [-0.1, -0.05) is 34.1 Å². The van der Waals surface area contributed by atoms with Crippen LogP contribution in [0, 0.1) is 0 Å². The number of furan rings is 1. The molecule has 29 heavy (non-hydrogen) atoms. The van der Waals surface area contributed by atoms with Crippen LogP contribution in [0.3, 0.4) is 0 Å². The van der Waals surface area contributed by atoms with Crippen molar-refractivity contribution in [3.63, 3.8) is 0 Å². The van der Waals surface area contributed by atoms with Crippen molar-refractivity contribution >= 4 is 39.8 Å². The highest BCUT2D eigenvalue weighted by atomic mass is 79.9. The highest BCUT2D eigenvalue weighted by molar-refractivity contribution is 9.10. The van der Waals surface area contributed by atoms with E-state index in [1.54, 1.807) is 54.6 Å². The smallest absolute Gasteiger partial charge is 0.343 e. The topological polar surface area (TPSA) is 97.6 Å². The van der Waals surface area contributed by atoms with E-state index in [0.29, 0.717) is 16.9 Å². The summed E-state index contributed by atoms with van der Waals surface area (Å²) in [7, 11) is 0. The van der Waals surface area contributed by atoms with Crippen LogP contribution in [0.15, 0.2) is 81.9 Å². The van der Waals surface area contributed by atoms with Gasteiger partial charge in [-0.3, -0.25) is 20.4 Å². The first-order chi connectivity index (χ1) is 14.0. The zero-order valence-corrected chi connectivity index (χ0v) is 16.5. The Kier molecular flexibility index (Phi) is 6.59. The van der Waals surface area contributed by atoms with E-state index in [9.17, 15) is 14.4 Å². The summed E-state index contributed by atoms with van der Waals surface area (Å²) in [6.07, 6.45) is 4.02. The van der Waals surface area contributed by atoms with Gasteiger partial charge in [0.2, 0.25) is 0 Å². The first kappa shape index (κ1) is 20.1. The number of amides is 2. The van der Waals surface area contributed by atoms with Gasteiger partial charge in [0.15, 0.2) is 5.76 Å². The van der Waals surface area contributed by atoms with Gasteiger partial charge >= 0.3 is 11.9 Å². The van der Waals surface area contributed by atoms with Gasteiger partial charge in [0.1, 0.15) is 5.75 Å². The van der Waals surface area contributed by atoms with E-state index in [0.717, 1.165) is 4.47 Å². The third-order valence-electron chi connectivity index (χ3n) is 3.66. The minimum Gasteiger partial charge on any atom is -0.459 e. The van der Waals surface area contributed by atoms with Gasteiger partial charge in [-0.15, -0.1) is 0 Å². The van der Waals surface area contributed by atoms with Crippen LogP contribution in [0.2, 0.25) is 0 Å². The fraction of sp³-hybridized carbons (Fsp3) is 0. The predicted octanol–water partition coefficient (Wildman–Crippen LogP) is 3.74. The van der Waals surface area contributed by atoms with Gasteiger partial charge in [0.25, 0.3) is 5.91 Å². The number of para-hydroxylation sites is 1. The molecule has 0 unspecified atom stereocenters. The molecular weight excluding hydrogens is 440 g/mol. The van der Waals surface area contributed by atoms with E-state index in [-0.39, 0.29) is 5.76 Å².